The van der Waals surface area contributed by atoms with Crippen molar-refractivity contribution in [3.05, 3.63) is 0 Å². The first-order valence-electron chi connectivity index (χ1n) is 4.15. The van der Waals surface area contributed by atoms with Crippen molar-refractivity contribution < 1.29 is 14.6 Å². The van der Waals surface area contributed by atoms with Gasteiger partial charge in [-0.05, 0) is 21.0 Å². The Balaban J connectivity index is 3.08. The summed E-state index contributed by atoms with van der Waals surface area (Å²) in [6.45, 7) is 3.55. The van der Waals surface area contributed by atoms with Crippen molar-refractivity contribution in [2.45, 2.75) is 13.2 Å². The predicted molar refractivity (Wildman–Crippen MR) is 47.0 cm³/mol. The summed E-state index contributed by atoms with van der Waals surface area (Å²) in [4.78, 5) is 1.98. The highest BCUT2D eigenvalue weighted by Gasteiger charge is 2.02. The molecule has 4 nitrogen and oxygen atoms in total. The lowest BCUT2D eigenvalue weighted by Gasteiger charge is -2.19. The van der Waals surface area contributed by atoms with Crippen LogP contribution in [0.15, 0.2) is 0 Å². The zero-order valence-electron chi connectivity index (χ0n) is 8.12. The number of aliphatic hydroxyl groups excluding tert-OH is 1. The number of hydrogen-bond acceptors (Lipinski definition) is 4. The van der Waals surface area contributed by atoms with Gasteiger partial charge in [-0.3, -0.25) is 4.90 Å². The first-order valence-corrected chi connectivity index (χ1v) is 4.15. The Morgan fingerprint density at radius 1 is 1.25 bits per heavy atom. The van der Waals surface area contributed by atoms with Crippen LogP contribution in [-0.4, -0.2) is 56.8 Å². The molecule has 0 saturated carbocycles. The zero-order chi connectivity index (χ0) is 9.40. The minimum atomic E-state index is 0.0727. The molecule has 0 aliphatic carbocycles. The van der Waals surface area contributed by atoms with Gasteiger partial charge in [0, 0.05) is 0 Å². The van der Waals surface area contributed by atoms with Crippen molar-refractivity contribution >= 4 is 0 Å². The summed E-state index contributed by atoms with van der Waals surface area (Å²) in [6, 6.07) is 0. The molecule has 0 spiro atoms. The average molecular weight is 177 g/mol. The Hall–Kier alpha value is -0.160. The molecule has 0 saturated heterocycles. The van der Waals surface area contributed by atoms with Crippen molar-refractivity contribution in [2.24, 2.45) is 0 Å². The third-order valence-electron chi connectivity index (χ3n) is 1.55. The van der Waals surface area contributed by atoms with Gasteiger partial charge in [0.1, 0.15) is 6.23 Å². The highest BCUT2D eigenvalue weighted by molar-refractivity contribution is 4.43. The van der Waals surface area contributed by atoms with Crippen LogP contribution in [0.2, 0.25) is 0 Å². The molecule has 0 aromatic carbocycles. The molecule has 0 aromatic rings. The van der Waals surface area contributed by atoms with Gasteiger partial charge >= 0.3 is 0 Å². The number of hydrogen-bond donors (Lipinski definition) is 1. The lowest BCUT2D eigenvalue weighted by Crippen LogP contribution is -2.28. The molecular formula is C8H19NO3. The van der Waals surface area contributed by atoms with Crippen molar-refractivity contribution in [1.82, 2.24) is 4.90 Å². The molecule has 0 fully saturated rings. The molecule has 0 aliphatic heterocycles. The third kappa shape index (κ3) is 6.54. The molecule has 0 amide bonds. The Labute approximate surface area is 74.1 Å². The quantitative estimate of drug-likeness (QED) is 0.436. The van der Waals surface area contributed by atoms with E-state index < -0.39 is 0 Å². The maximum absolute atomic E-state index is 8.39. The minimum Gasteiger partial charge on any atom is -0.394 e. The second-order valence-corrected chi connectivity index (χ2v) is 2.77. The van der Waals surface area contributed by atoms with Crippen LogP contribution in [0.5, 0.6) is 0 Å². The van der Waals surface area contributed by atoms with Gasteiger partial charge in [-0.25, -0.2) is 0 Å². The van der Waals surface area contributed by atoms with Crippen LogP contribution in [0.4, 0.5) is 0 Å². The summed E-state index contributed by atoms with van der Waals surface area (Å²) < 4.78 is 10.4. The van der Waals surface area contributed by atoms with E-state index in [2.05, 4.69) is 0 Å². The molecule has 0 aliphatic rings. The molecule has 74 valence electrons. The molecular weight excluding hydrogens is 158 g/mol. The van der Waals surface area contributed by atoms with Crippen LogP contribution < -0.4 is 0 Å². The van der Waals surface area contributed by atoms with Gasteiger partial charge in [0.15, 0.2) is 0 Å². The topological polar surface area (TPSA) is 41.9 Å². The van der Waals surface area contributed by atoms with Crippen LogP contribution in [-0.2, 0) is 9.47 Å². The summed E-state index contributed by atoms with van der Waals surface area (Å²) in [6.07, 6.45) is 0.114. The Bertz CT molecular complexity index is 98.3. The molecule has 1 N–H and O–H groups in total. The summed E-state index contributed by atoms with van der Waals surface area (Å²) in [7, 11) is 3.92. The second kappa shape index (κ2) is 7.49. The molecule has 12 heavy (non-hydrogen) atoms. The molecule has 1 unspecified atom stereocenters. The Kier molecular flexibility index (Phi) is 7.39. The van der Waals surface area contributed by atoms with E-state index >= 15 is 0 Å². The maximum atomic E-state index is 8.39. The van der Waals surface area contributed by atoms with E-state index in [1.807, 2.05) is 25.9 Å². The fourth-order valence-electron chi connectivity index (χ4n) is 0.593. The van der Waals surface area contributed by atoms with E-state index in [9.17, 15) is 0 Å². The fourth-order valence-corrected chi connectivity index (χ4v) is 0.593. The van der Waals surface area contributed by atoms with Gasteiger partial charge in [0.05, 0.1) is 26.4 Å². The standard InChI is InChI=1S/C8H19NO3/c1-8(9(2)3)12-7-6-11-5-4-10/h8,10H,4-7H2,1-3H3. The van der Waals surface area contributed by atoms with Crippen molar-refractivity contribution in [3.8, 4) is 0 Å². The first-order chi connectivity index (χ1) is 5.68. The molecule has 0 heterocycles. The highest BCUT2D eigenvalue weighted by atomic mass is 16.5. The van der Waals surface area contributed by atoms with E-state index in [0.29, 0.717) is 19.8 Å². The van der Waals surface area contributed by atoms with E-state index in [1.165, 1.54) is 0 Å². The van der Waals surface area contributed by atoms with Gasteiger partial charge in [-0.1, -0.05) is 0 Å². The van der Waals surface area contributed by atoms with Crippen LogP contribution in [0, 0.1) is 0 Å². The first kappa shape index (κ1) is 11.8. The summed E-state index contributed by atoms with van der Waals surface area (Å²) >= 11 is 0. The zero-order valence-corrected chi connectivity index (χ0v) is 8.12. The normalized spacial score (nSPS) is 13.8. The van der Waals surface area contributed by atoms with E-state index in [-0.39, 0.29) is 12.8 Å². The van der Waals surface area contributed by atoms with Crippen molar-refractivity contribution in [1.29, 1.82) is 0 Å². The van der Waals surface area contributed by atoms with Gasteiger partial charge in [0.25, 0.3) is 0 Å². The maximum Gasteiger partial charge on any atom is 0.107 e. The molecule has 0 radical (unpaired) electrons. The highest BCUT2D eigenvalue weighted by Crippen LogP contribution is 1.92. The number of rotatable bonds is 7. The molecule has 4 heteroatoms. The third-order valence-corrected chi connectivity index (χ3v) is 1.55. The molecule has 0 aromatic heterocycles. The van der Waals surface area contributed by atoms with Gasteiger partial charge in [0.2, 0.25) is 0 Å². The monoisotopic (exact) mass is 177 g/mol. The Morgan fingerprint density at radius 2 is 1.92 bits per heavy atom. The number of ether oxygens (including phenoxy) is 2. The number of nitrogens with zero attached hydrogens (tertiary/aromatic N) is 1. The smallest absolute Gasteiger partial charge is 0.107 e. The lowest BCUT2D eigenvalue weighted by atomic mass is 10.6. The summed E-state index contributed by atoms with van der Waals surface area (Å²) in [5.41, 5.74) is 0. The predicted octanol–water partition coefficient (Wildman–Crippen LogP) is -0.0805. The van der Waals surface area contributed by atoms with Crippen molar-refractivity contribution in [3.63, 3.8) is 0 Å². The summed E-state index contributed by atoms with van der Waals surface area (Å²) in [5, 5.41) is 8.39. The number of aliphatic hydroxyl groups is 1. The fraction of sp³-hybridized carbons (Fsp3) is 1.00. The average Bonchev–Trinajstić information content (AvgIpc) is 2.03. The second-order valence-electron chi connectivity index (χ2n) is 2.77. The minimum absolute atomic E-state index is 0.0727. The van der Waals surface area contributed by atoms with E-state index in [0.717, 1.165) is 0 Å². The Morgan fingerprint density at radius 3 is 2.42 bits per heavy atom. The lowest BCUT2D eigenvalue weighted by molar-refractivity contribution is -0.0499. The molecule has 0 bridgehead atoms. The van der Waals surface area contributed by atoms with E-state index in [1.54, 1.807) is 0 Å². The van der Waals surface area contributed by atoms with Crippen LogP contribution in [0.3, 0.4) is 0 Å². The molecule has 1 atom stereocenters. The van der Waals surface area contributed by atoms with Crippen molar-refractivity contribution in [2.75, 3.05) is 40.5 Å². The van der Waals surface area contributed by atoms with E-state index in [4.69, 9.17) is 14.6 Å². The summed E-state index contributed by atoms with van der Waals surface area (Å²) in [5.74, 6) is 0. The van der Waals surface area contributed by atoms with Crippen LogP contribution in [0.1, 0.15) is 6.92 Å². The van der Waals surface area contributed by atoms with Gasteiger partial charge < -0.3 is 14.6 Å². The largest absolute Gasteiger partial charge is 0.394 e. The van der Waals surface area contributed by atoms with Crippen LogP contribution >= 0.6 is 0 Å². The van der Waals surface area contributed by atoms with Gasteiger partial charge in [-0.2, -0.15) is 0 Å². The van der Waals surface area contributed by atoms with Gasteiger partial charge in [-0.15, -0.1) is 0 Å². The van der Waals surface area contributed by atoms with Crippen LogP contribution in [0.25, 0.3) is 0 Å². The molecule has 0 rings (SSSR count). The SMILES string of the molecule is CC(OCCOCCO)N(C)C.